The zero-order valence-electron chi connectivity index (χ0n) is 10.3. The van der Waals surface area contributed by atoms with Crippen LogP contribution in [0.2, 0.25) is 0 Å². The van der Waals surface area contributed by atoms with Crippen LogP contribution in [0.3, 0.4) is 0 Å². The Bertz CT molecular complexity index is 570. The van der Waals surface area contributed by atoms with E-state index in [1.807, 2.05) is 12.1 Å². The molecule has 1 aromatic carbocycles. The van der Waals surface area contributed by atoms with Crippen molar-refractivity contribution in [2.24, 2.45) is 0 Å². The van der Waals surface area contributed by atoms with Gasteiger partial charge < -0.3 is 10.8 Å². The van der Waals surface area contributed by atoms with Crippen molar-refractivity contribution in [1.29, 1.82) is 0 Å². The monoisotopic (exact) mass is 261 g/mol. The first-order chi connectivity index (χ1) is 8.49. The standard InChI is InChI=1S/C14H15NO2S/c1-8(2)9-3-5-10(6-4-9)12-7-11(15)13(18-12)14(16)17/h3-8H,15H2,1-2H3,(H,16,17). The summed E-state index contributed by atoms with van der Waals surface area (Å²) >= 11 is 1.21. The lowest BCUT2D eigenvalue weighted by Gasteiger charge is -2.05. The number of carbonyl (C=O) groups is 1. The van der Waals surface area contributed by atoms with E-state index < -0.39 is 5.97 Å². The van der Waals surface area contributed by atoms with E-state index in [0.29, 0.717) is 11.6 Å². The molecule has 2 aromatic rings. The Kier molecular flexibility index (Phi) is 3.39. The second-order valence-corrected chi connectivity index (χ2v) is 5.53. The van der Waals surface area contributed by atoms with E-state index in [1.165, 1.54) is 16.9 Å². The lowest BCUT2D eigenvalue weighted by Crippen LogP contribution is -1.96. The van der Waals surface area contributed by atoms with Crippen molar-refractivity contribution < 1.29 is 9.90 Å². The predicted octanol–water partition coefficient (Wildman–Crippen LogP) is 3.82. The molecule has 0 atom stereocenters. The summed E-state index contributed by atoms with van der Waals surface area (Å²) in [7, 11) is 0. The van der Waals surface area contributed by atoms with Gasteiger partial charge in [0.2, 0.25) is 0 Å². The van der Waals surface area contributed by atoms with Crippen LogP contribution in [0.15, 0.2) is 30.3 Å². The van der Waals surface area contributed by atoms with Gasteiger partial charge in [0.05, 0.1) is 5.69 Å². The van der Waals surface area contributed by atoms with Gasteiger partial charge >= 0.3 is 5.97 Å². The Balaban J connectivity index is 2.37. The molecule has 0 fully saturated rings. The molecule has 0 amide bonds. The molecule has 0 bridgehead atoms. The number of thiophene rings is 1. The number of rotatable bonds is 3. The normalized spacial score (nSPS) is 10.8. The Labute approximate surface area is 110 Å². The average Bonchev–Trinajstić information content (AvgIpc) is 2.71. The van der Waals surface area contributed by atoms with E-state index >= 15 is 0 Å². The Morgan fingerprint density at radius 2 is 1.89 bits per heavy atom. The molecular weight excluding hydrogens is 246 g/mol. The van der Waals surface area contributed by atoms with Gasteiger partial charge in [0.15, 0.2) is 0 Å². The number of anilines is 1. The van der Waals surface area contributed by atoms with Gasteiger partial charge in [-0.15, -0.1) is 11.3 Å². The molecule has 0 aliphatic rings. The molecular formula is C14H15NO2S. The molecule has 3 N–H and O–H groups in total. The molecule has 4 heteroatoms. The Morgan fingerprint density at radius 3 is 2.33 bits per heavy atom. The van der Waals surface area contributed by atoms with E-state index in [0.717, 1.165) is 10.4 Å². The molecule has 0 spiro atoms. The summed E-state index contributed by atoms with van der Waals surface area (Å²) in [4.78, 5) is 12.0. The van der Waals surface area contributed by atoms with Crippen LogP contribution < -0.4 is 5.73 Å². The molecule has 0 unspecified atom stereocenters. The molecule has 0 saturated heterocycles. The van der Waals surface area contributed by atoms with Crippen molar-refractivity contribution in [3.63, 3.8) is 0 Å². The number of hydrogen-bond donors (Lipinski definition) is 2. The zero-order chi connectivity index (χ0) is 13.3. The molecule has 2 rings (SSSR count). The molecule has 0 aliphatic carbocycles. The first-order valence-electron chi connectivity index (χ1n) is 5.72. The molecule has 0 aliphatic heterocycles. The lowest BCUT2D eigenvalue weighted by atomic mass is 10.0. The predicted molar refractivity (Wildman–Crippen MR) is 75.2 cm³/mol. The number of aromatic carboxylic acids is 1. The Morgan fingerprint density at radius 1 is 1.28 bits per heavy atom. The first-order valence-corrected chi connectivity index (χ1v) is 6.53. The summed E-state index contributed by atoms with van der Waals surface area (Å²) in [6, 6.07) is 9.86. The summed E-state index contributed by atoms with van der Waals surface area (Å²) in [5, 5.41) is 8.97. The highest BCUT2D eigenvalue weighted by Crippen LogP contribution is 2.33. The molecule has 94 valence electrons. The highest BCUT2D eigenvalue weighted by atomic mass is 32.1. The first kappa shape index (κ1) is 12.6. The van der Waals surface area contributed by atoms with Crippen molar-refractivity contribution in [1.82, 2.24) is 0 Å². The smallest absolute Gasteiger partial charge is 0.348 e. The van der Waals surface area contributed by atoms with Gasteiger partial charge in [-0.25, -0.2) is 4.79 Å². The van der Waals surface area contributed by atoms with Gasteiger partial charge in [-0.3, -0.25) is 0 Å². The number of benzene rings is 1. The molecule has 1 heterocycles. The largest absolute Gasteiger partial charge is 0.477 e. The minimum absolute atomic E-state index is 0.206. The second-order valence-electron chi connectivity index (χ2n) is 4.48. The number of carboxylic acid groups (broad SMARTS) is 1. The fourth-order valence-electron chi connectivity index (χ4n) is 1.75. The van der Waals surface area contributed by atoms with Gasteiger partial charge in [-0.1, -0.05) is 38.1 Å². The Hall–Kier alpha value is -1.81. The molecule has 18 heavy (non-hydrogen) atoms. The van der Waals surface area contributed by atoms with Crippen LogP contribution in [0.4, 0.5) is 5.69 Å². The van der Waals surface area contributed by atoms with Gasteiger partial charge in [-0.05, 0) is 23.1 Å². The van der Waals surface area contributed by atoms with Crippen molar-refractivity contribution in [2.75, 3.05) is 5.73 Å². The number of carboxylic acids is 1. The maximum atomic E-state index is 10.9. The zero-order valence-corrected chi connectivity index (χ0v) is 11.1. The molecule has 0 saturated carbocycles. The summed E-state index contributed by atoms with van der Waals surface area (Å²) in [5.74, 6) is -0.482. The minimum Gasteiger partial charge on any atom is -0.477 e. The highest BCUT2D eigenvalue weighted by Gasteiger charge is 2.14. The van der Waals surface area contributed by atoms with Crippen molar-refractivity contribution in [3.8, 4) is 10.4 Å². The van der Waals surface area contributed by atoms with Crippen molar-refractivity contribution in [3.05, 3.63) is 40.8 Å². The van der Waals surface area contributed by atoms with E-state index in [-0.39, 0.29) is 4.88 Å². The summed E-state index contributed by atoms with van der Waals surface area (Å²) < 4.78 is 0. The maximum absolute atomic E-state index is 10.9. The van der Waals surface area contributed by atoms with Crippen LogP contribution in [-0.2, 0) is 0 Å². The summed E-state index contributed by atoms with van der Waals surface area (Å²) in [6.45, 7) is 4.28. The van der Waals surface area contributed by atoms with Crippen LogP contribution in [0.25, 0.3) is 10.4 Å². The number of nitrogen functional groups attached to an aromatic ring is 1. The second kappa shape index (κ2) is 4.82. The SMILES string of the molecule is CC(C)c1ccc(-c2cc(N)c(C(=O)O)s2)cc1. The highest BCUT2D eigenvalue weighted by molar-refractivity contribution is 7.17. The third-order valence-corrected chi connectivity index (χ3v) is 4.00. The third kappa shape index (κ3) is 2.38. The third-order valence-electron chi connectivity index (χ3n) is 2.82. The number of hydrogen-bond acceptors (Lipinski definition) is 3. The van der Waals surface area contributed by atoms with Crippen molar-refractivity contribution in [2.45, 2.75) is 19.8 Å². The summed E-state index contributed by atoms with van der Waals surface area (Å²) in [5.41, 5.74) is 8.29. The fourth-order valence-corrected chi connectivity index (χ4v) is 2.67. The van der Waals surface area contributed by atoms with E-state index in [9.17, 15) is 4.79 Å². The van der Waals surface area contributed by atoms with Crippen LogP contribution in [-0.4, -0.2) is 11.1 Å². The summed E-state index contributed by atoms with van der Waals surface area (Å²) in [6.07, 6.45) is 0. The van der Waals surface area contributed by atoms with Gasteiger partial charge in [0, 0.05) is 4.88 Å². The molecule has 1 aromatic heterocycles. The average molecular weight is 261 g/mol. The quantitative estimate of drug-likeness (QED) is 0.882. The van der Waals surface area contributed by atoms with E-state index in [4.69, 9.17) is 10.8 Å². The van der Waals surface area contributed by atoms with E-state index in [2.05, 4.69) is 26.0 Å². The molecule has 0 radical (unpaired) electrons. The fraction of sp³-hybridized carbons (Fsp3) is 0.214. The van der Waals surface area contributed by atoms with E-state index in [1.54, 1.807) is 6.07 Å². The van der Waals surface area contributed by atoms with Crippen molar-refractivity contribution >= 4 is 23.0 Å². The minimum atomic E-state index is -0.970. The van der Waals surface area contributed by atoms with Crippen LogP contribution >= 0.6 is 11.3 Å². The van der Waals surface area contributed by atoms with Gasteiger partial charge in [0.1, 0.15) is 4.88 Å². The molecule has 3 nitrogen and oxygen atoms in total. The van der Waals surface area contributed by atoms with Gasteiger partial charge in [-0.2, -0.15) is 0 Å². The van der Waals surface area contributed by atoms with Crippen LogP contribution in [0.1, 0.15) is 35.0 Å². The maximum Gasteiger partial charge on any atom is 0.348 e. The number of nitrogens with two attached hydrogens (primary N) is 1. The van der Waals surface area contributed by atoms with Crippen LogP contribution in [0, 0.1) is 0 Å². The van der Waals surface area contributed by atoms with Gasteiger partial charge in [0.25, 0.3) is 0 Å². The lowest BCUT2D eigenvalue weighted by molar-refractivity contribution is 0.0703. The van der Waals surface area contributed by atoms with Crippen LogP contribution in [0.5, 0.6) is 0 Å². The topological polar surface area (TPSA) is 63.3 Å².